The third-order valence-electron chi connectivity index (χ3n) is 5.27. The normalized spacial score (nSPS) is 14.1. The number of nitrogens with two attached hydrogens (primary N) is 1. The van der Waals surface area contributed by atoms with Gasteiger partial charge in [0.2, 0.25) is 17.7 Å². The van der Waals surface area contributed by atoms with Gasteiger partial charge in [-0.2, -0.15) is 0 Å². The number of amides is 3. The van der Waals surface area contributed by atoms with Crippen molar-refractivity contribution in [3.8, 4) is 11.5 Å². The van der Waals surface area contributed by atoms with Gasteiger partial charge in [0, 0.05) is 12.8 Å². The summed E-state index contributed by atoms with van der Waals surface area (Å²) in [5.41, 5.74) is 6.34. The molecule has 194 valence electrons. The standard InChI is InChI=1S/C24H30N4O8/c1-13(29)21(28-20(32)12-25)23(34)26-18(10-14-2-6-16(30)7-3-14)22(33)27-19(24(35)36)11-15-4-8-17(31)9-5-15/h2-9,13,18-19,21,29-31H,10-12,25H2,1H3,(H,26,34)(H,27,33)(H,28,32)(H,35,36). The smallest absolute Gasteiger partial charge is 0.326 e. The number of carboxylic acids is 1. The van der Waals surface area contributed by atoms with Crippen LogP contribution < -0.4 is 21.7 Å². The van der Waals surface area contributed by atoms with E-state index in [4.69, 9.17) is 5.73 Å². The molecule has 4 unspecified atom stereocenters. The summed E-state index contributed by atoms with van der Waals surface area (Å²) >= 11 is 0. The summed E-state index contributed by atoms with van der Waals surface area (Å²) in [5, 5.41) is 45.7. The predicted octanol–water partition coefficient (Wildman–Crippen LogP) is -1.24. The lowest BCUT2D eigenvalue weighted by Gasteiger charge is -2.26. The highest BCUT2D eigenvalue weighted by Crippen LogP contribution is 2.14. The number of phenols is 2. The van der Waals surface area contributed by atoms with Crippen molar-refractivity contribution in [1.82, 2.24) is 16.0 Å². The topological polar surface area (TPSA) is 211 Å². The molecule has 2 aromatic rings. The summed E-state index contributed by atoms with van der Waals surface area (Å²) < 4.78 is 0. The second kappa shape index (κ2) is 13.1. The Morgan fingerprint density at radius 3 is 1.64 bits per heavy atom. The molecule has 0 heterocycles. The zero-order valence-corrected chi connectivity index (χ0v) is 19.5. The summed E-state index contributed by atoms with van der Waals surface area (Å²) in [7, 11) is 0. The van der Waals surface area contributed by atoms with E-state index in [2.05, 4.69) is 16.0 Å². The fourth-order valence-electron chi connectivity index (χ4n) is 3.32. The number of hydrogen-bond donors (Lipinski definition) is 8. The molecule has 4 atom stereocenters. The average molecular weight is 503 g/mol. The van der Waals surface area contributed by atoms with Gasteiger partial charge in [-0.05, 0) is 42.3 Å². The largest absolute Gasteiger partial charge is 0.508 e. The molecule has 9 N–H and O–H groups in total. The number of aliphatic hydroxyl groups is 1. The van der Waals surface area contributed by atoms with Gasteiger partial charge in [0.1, 0.15) is 29.6 Å². The molecule has 0 saturated heterocycles. The van der Waals surface area contributed by atoms with Crippen molar-refractivity contribution in [2.75, 3.05) is 6.54 Å². The Morgan fingerprint density at radius 2 is 1.22 bits per heavy atom. The van der Waals surface area contributed by atoms with Crippen LogP contribution in [0.5, 0.6) is 11.5 Å². The second-order valence-corrected chi connectivity index (χ2v) is 8.19. The lowest BCUT2D eigenvalue weighted by atomic mass is 10.0. The van der Waals surface area contributed by atoms with Crippen LogP contribution in [0, 0.1) is 0 Å². The molecule has 2 rings (SSSR count). The number of aliphatic hydroxyl groups excluding tert-OH is 1. The van der Waals surface area contributed by atoms with Crippen LogP contribution in [-0.4, -0.2) is 74.9 Å². The van der Waals surface area contributed by atoms with Gasteiger partial charge in [-0.3, -0.25) is 14.4 Å². The van der Waals surface area contributed by atoms with Crippen molar-refractivity contribution in [3.63, 3.8) is 0 Å². The van der Waals surface area contributed by atoms with E-state index in [0.717, 1.165) is 0 Å². The molecular formula is C24H30N4O8. The first-order valence-electron chi connectivity index (χ1n) is 11.1. The zero-order valence-electron chi connectivity index (χ0n) is 19.5. The van der Waals surface area contributed by atoms with Gasteiger partial charge in [0.25, 0.3) is 0 Å². The predicted molar refractivity (Wildman–Crippen MR) is 128 cm³/mol. The maximum Gasteiger partial charge on any atom is 0.326 e. The van der Waals surface area contributed by atoms with Crippen molar-refractivity contribution < 1.29 is 39.6 Å². The second-order valence-electron chi connectivity index (χ2n) is 8.19. The molecule has 0 aliphatic heterocycles. The molecule has 0 aliphatic carbocycles. The maximum absolute atomic E-state index is 13.1. The van der Waals surface area contributed by atoms with E-state index < -0.39 is 54.5 Å². The van der Waals surface area contributed by atoms with Gasteiger partial charge in [-0.1, -0.05) is 24.3 Å². The molecule has 0 aromatic heterocycles. The minimum Gasteiger partial charge on any atom is -0.508 e. The molecule has 12 heteroatoms. The number of aliphatic carboxylic acids is 1. The van der Waals surface area contributed by atoms with Crippen LogP contribution in [-0.2, 0) is 32.0 Å². The lowest BCUT2D eigenvalue weighted by Crippen LogP contribution is -2.59. The van der Waals surface area contributed by atoms with Gasteiger partial charge >= 0.3 is 5.97 Å². The molecule has 12 nitrogen and oxygen atoms in total. The highest BCUT2D eigenvalue weighted by Gasteiger charge is 2.31. The molecule has 0 fully saturated rings. The summed E-state index contributed by atoms with van der Waals surface area (Å²) in [6.07, 6.45) is -1.50. The first-order chi connectivity index (χ1) is 17.0. The van der Waals surface area contributed by atoms with Gasteiger partial charge in [-0.25, -0.2) is 4.79 Å². The Morgan fingerprint density at radius 1 is 0.778 bits per heavy atom. The summed E-state index contributed by atoms with van der Waals surface area (Å²) in [6, 6.07) is 7.55. The molecule has 0 bridgehead atoms. The minimum absolute atomic E-state index is 0.000673. The molecular weight excluding hydrogens is 472 g/mol. The molecule has 0 aliphatic rings. The van der Waals surface area contributed by atoms with Crippen molar-refractivity contribution >= 4 is 23.7 Å². The number of rotatable bonds is 12. The van der Waals surface area contributed by atoms with Gasteiger partial charge in [0.05, 0.1) is 12.6 Å². The molecule has 3 amide bonds. The Kier molecular flexibility index (Phi) is 10.2. The molecule has 36 heavy (non-hydrogen) atoms. The number of carbonyl (C=O) groups is 4. The molecule has 0 radical (unpaired) electrons. The lowest BCUT2D eigenvalue weighted by molar-refractivity contribution is -0.142. The number of carboxylic acid groups (broad SMARTS) is 1. The van der Waals surface area contributed by atoms with Crippen LogP contribution in [0.3, 0.4) is 0 Å². The van der Waals surface area contributed by atoms with Crippen molar-refractivity contribution in [1.29, 1.82) is 0 Å². The molecule has 0 saturated carbocycles. The van der Waals surface area contributed by atoms with Crippen LogP contribution in [0.15, 0.2) is 48.5 Å². The fraction of sp³-hybridized carbons (Fsp3) is 0.333. The van der Waals surface area contributed by atoms with Gasteiger partial charge in [-0.15, -0.1) is 0 Å². The average Bonchev–Trinajstić information content (AvgIpc) is 2.83. The first-order valence-corrected chi connectivity index (χ1v) is 11.1. The Hall–Kier alpha value is -4.16. The van der Waals surface area contributed by atoms with E-state index in [-0.39, 0.29) is 24.3 Å². The summed E-state index contributed by atoms with van der Waals surface area (Å²) in [6.45, 7) is 0.847. The number of nitrogens with one attached hydrogen (secondary N) is 3. The van der Waals surface area contributed by atoms with E-state index >= 15 is 0 Å². The van der Waals surface area contributed by atoms with Gasteiger partial charge in [0.15, 0.2) is 0 Å². The maximum atomic E-state index is 13.1. The van der Waals surface area contributed by atoms with E-state index in [1.165, 1.54) is 55.5 Å². The Bertz CT molecular complexity index is 1060. The monoisotopic (exact) mass is 502 g/mol. The van der Waals surface area contributed by atoms with Crippen LogP contribution in [0.2, 0.25) is 0 Å². The quantitative estimate of drug-likeness (QED) is 0.174. The molecule has 0 spiro atoms. The van der Waals surface area contributed by atoms with E-state index in [9.17, 15) is 39.6 Å². The molecule has 2 aromatic carbocycles. The number of aromatic hydroxyl groups is 2. The van der Waals surface area contributed by atoms with Crippen LogP contribution >= 0.6 is 0 Å². The Labute approximate surface area is 207 Å². The number of benzene rings is 2. The highest BCUT2D eigenvalue weighted by atomic mass is 16.4. The number of hydrogen-bond acceptors (Lipinski definition) is 8. The van der Waals surface area contributed by atoms with Crippen LogP contribution in [0.1, 0.15) is 18.1 Å². The number of carbonyl (C=O) groups excluding carboxylic acids is 3. The van der Waals surface area contributed by atoms with Crippen LogP contribution in [0.4, 0.5) is 0 Å². The third kappa shape index (κ3) is 8.56. The third-order valence-corrected chi connectivity index (χ3v) is 5.27. The number of phenolic OH excluding ortho intramolecular Hbond substituents is 2. The van der Waals surface area contributed by atoms with E-state index in [1.807, 2.05) is 0 Å². The van der Waals surface area contributed by atoms with Crippen molar-refractivity contribution in [2.24, 2.45) is 5.73 Å². The zero-order chi connectivity index (χ0) is 26.8. The van der Waals surface area contributed by atoms with Gasteiger partial charge < -0.3 is 42.1 Å². The highest BCUT2D eigenvalue weighted by molar-refractivity contribution is 5.94. The van der Waals surface area contributed by atoms with E-state index in [1.54, 1.807) is 0 Å². The summed E-state index contributed by atoms with van der Waals surface area (Å²) in [4.78, 5) is 49.5. The van der Waals surface area contributed by atoms with Crippen LogP contribution in [0.25, 0.3) is 0 Å². The first kappa shape index (κ1) is 28.1. The van der Waals surface area contributed by atoms with E-state index in [0.29, 0.717) is 11.1 Å². The van der Waals surface area contributed by atoms with Crippen molar-refractivity contribution in [3.05, 3.63) is 59.7 Å². The minimum atomic E-state index is -1.41. The fourth-order valence-corrected chi connectivity index (χ4v) is 3.32. The summed E-state index contributed by atoms with van der Waals surface area (Å²) in [5.74, 6) is -3.73. The SMILES string of the molecule is CC(O)C(NC(=O)CN)C(=O)NC(Cc1ccc(O)cc1)C(=O)NC(Cc1ccc(O)cc1)C(=O)O. The van der Waals surface area contributed by atoms with Crippen molar-refractivity contribution in [2.45, 2.75) is 44.0 Å². The Balaban J connectivity index is 2.25.